The van der Waals surface area contributed by atoms with Crippen LogP contribution in [0.4, 0.5) is 0 Å². The maximum absolute atomic E-state index is 12.3. The fraction of sp³-hybridized carbons (Fsp3) is 0.917. The standard InChI is InChI=1S/C12H23NO.Y/c1-6-11(4)9-8-10(3)12(5,7-2)13(11)14;/h8,10H,6-7,9H2,1-5H3;/q-1;. The molecule has 0 N–H and O–H groups in total. The first-order valence-electron chi connectivity index (χ1n) is 5.71. The second-order valence-corrected chi connectivity index (χ2v) is 5.08. The molecule has 0 saturated carbocycles. The number of piperidine rings is 1. The quantitative estimate of drug-likeness (QED) is 0.715. The molecule has 0 aliphatic carbocycles. The van der Waals surface area contributed by atoms with Gasteiger partial charge in [-0.25, -0.2) is 0 Å². The fourth-order valence-electron chi connectivity index (χ4n) is 2.32. The molecule has 1 saturated heterocycles. The van der Waals surface area contributed by atoms with Gasteiger partial charge in [-0.3, -0.25) is 0 Å². The van der Waals surface area contributed by atoms with Crippen LogP contribution in [0, 0.1) is 12.3 Å². The van der Waals surface area contributed by atoms with E-state index in [1.807, 2.05) is 0 Å². The number of hydroxylamine groups is 2. The molecule has 2 nitrogen and oxygen atoms in total. The number of hydrogen-bond acceptors (Lipinski definition) is 1. The molecule has 0 amide bonds. The molecule has 3 unspecified atom stereocenters. The molecule has 86 valence electrons. The zero-order chi connectivity index (χ0) is 11.0. The Morgan fingerprint density at radius 2 is 1.87 bits per heavy atom. The van der Waals surface area contributed by atoms with Crippen molar-refractivity contribution in [3.05, 3.63) is 6.42 Å². The minimum absolute atomic E-state index is 0. The van der Waals surface area contributed by atoms with Gasteiger partial charge in [0, 0.05) is 43.8 Å². The molecule has 2 radical (unpaired) electrons. The molecular weight excluding hydrogens is 263 g/mol. The second-order valence-electron chi connectivity index (χ2n) is 5.08. The number of nitrogens with zero attached hydrogens (tertiary/aromatic N) is 1. The van der Waals surface area contributed by atoms with Gasteiger partial charge in [0.25, 0.3) is 0 Å². The van der Waals surface area contributed by atoms with Crippen molar-refractivity contribution in [3.8, 4) is 0 Å². The zero-order valence-electron chi connectivity index (χ0n) is 10.7. The fourth-order valence-corrected chi connectivity index (χ4v) is 2.32. The van der Waals surface area contributed by atoms with Crippen LogP contribution >= 0.6 is 0 Å². The van der Waals surface area contributed by atoms with E-state index in [1.165, 1.54) is 5.06 Å². The first-order chi connectivity index (χ1) is 6.40. The maximum atomic E-state index is 12.3. The topological polar surface area (TPSA) is 23.1 Å². The molecule has 3 atom stereocenters. The Morgan fingerprint density at radius 1 is 1.33 bits per heavy atom. The van der Waals surface area contributed by atoms with E-state index in [4.69, 9.17) is 0 Å². The first-order valence-corrected chi connectivity index (χ1v) is 5.71. The van der Waals surface area contributed by atoms with E-state index in [0.29, 0.717) is 5.92 Å². The van der Waals surface area contributed by atoms with Gasteiger partial charge in [-0.15, -0.1) is 16.2 Å². The third kappa shape index (κ3) is 2.65. The predicted octanol–water partition coefficient (Wildman–Crippen LogP) is 3.21. The molecule has 1 aliphatic heterocycles. The predicted molar refractivity (Wildman–Crippen MR) is 58.0 cm³/mol. The van der Waals surface area contributed by atoms with E-state index in [1.54, 1.807) is 0 Å². The average Bonchev–Trinajstić information content (AvgIpc) is 2.21. The summed E-state index contributed by atoms with van der Waals surface area (Å²) in [6.45, 7) is 10.5. The minimum atomic E-state index is -0.205. The molecule has 15 heavy (non-hydrogen) atoms. The molecule has 0 aromatic carbocycles. The maximum Gasteiger partial charge on any atom is 0.0225 e. The van der Waals surface area contributed by atoms with E-state index < -0.39 is 0 Å². The Bertz CT molecular complexity index is 212. The summed E-state index contributed by atoms with van der Waals surface area (Å²) >= 11 is 0. The summed E-state index contributed by atoms with van der Waals surface area (Å²) in [6.07, 6.45) is 5.09. The molecule has 3 heteroatoms. The SMILES string of the molecule is CCC1(C)C[CH-]C(C)C(C)(CC)N1[O].[Y]. The van der Waals surface area contributed by atoms with Crippen LogP contribution in [0.2, 0.25) is 0 Å². The van der Waals surface area contributed by atoms with E-state index in [9.17, 15) is 5.21 Å². The van der Waals surface area contributed by atoms with E-state index in [2.05, 4.69) is 41.0 Å². The Labute approximate surface area is 120 Å². The van der Waals surface area contributed by atoms with Gasteiger partial charge in [-0.1, -0.05) is 20.8 Å². The molecule has 1 heterocycles. The summed E-state index contributed by atoms with van der Waals surface area (Å²) in [4.78, 5) is 0. The van der Waals surface area contributed by atoms with Crippen LogP contribution in [0.25, 0.3) is 0 Å². The zero-order valence-corrected chi connectivity index (χ0v) is 13.5. The van der Waals surface area contributed by atoms with Crippen molar-refractivity contribution in [1.29, 1.82) is 0 Å². The number of rotatable bonds is 2. The van der Waals surface area contributed by atoms with Crippen molar-refractivity contribution >= 4 is 0 Å². The largest absolute Gasteiger partial charge is 0.322 e. The molecule has 0 aromatic rings. The van der Waals surface area contributed by atoms with Gasteiger partial charge in [0.2, 0.25) is 0 Å². The van der Waals surface area contributed by atoms with Crippen LogP contribution < -0.4 is 0 Å². The molecule has 0 spiro atoms. The van der Waals surface area contributed by atoms with Crippen molar-refractivity contribution in [1.82, 2.24) is 5.06 Å². The van der Waals surface area contributed by atoms with Crippen LogP contribution in [0.1, 0.15) is 53.9 Å². The summed E-state index contributed by atoms with van der Waals surface area (Å²) in [5.74, 6) is 0.393. The van der Waals surface area contributed by atoms with Crippen molar-refractivity contribution in [3.63, 3.8) is 0 Å². The average molecular weight is 286 g/mol. The normalized spacial score (nSPS) is 42.4. The minimum Gasteiger partial charge on any atom is -0.322 e. The van der Waals surface area contributed by atoms with Gasteiger partial charge in [-0.05, 0) is 26.7 Å². The second kappa shape index (κ2) is 5.57. The van der Waals surface area contributed by atoms with Crippen molar-refractivity contribution in [2.24, 2.45) is 5.92 Å². The third-order valence-corrected chi connectivity index (χ3v) is 4.32. The van der Waals surface area contributed by atoms with E-state index in [-0.39, 0.29) is 43.8 Å². The van der Waals surface area contributed by atoms with Crippen molar-refractivity contribution in [2.45, 2.75) is 65.0 Å². The Balaban J connectivity index is 0.00000196. The number of hydrogen-bond donors (Lipinski definition) is 0. The summed E-state index contributed by atoms with van der Waals surface area (Å²) in [5, 5.41) is 13.7. The summed E-state index contributed by atoms with van der Waals surface area (Å²) in [6, 6.07) is 0. The van der Waals surface area contributed by atoms with Gasteiger partial charge in [0.1, 0.15) is 0 Å². The summed E-state index contributed by atoms with van der Waals surface area (Å²) < 4.78 is 0. The van der Waals surface area contributed by atoms with Crippen LogP contribution in [0.15, 0.2) is 0 Å². The Kier molecular flexibility index (Phi) is 5.95. The first kappa shape index (κ1) is 16.0. The Morgan fingerprint density at radius 3 is 2.27 bits per heavy atom. The van der Waals surface area contributed by atoms with Crippen molar-refractivity contribution < 1.29 is 37.9 Å². The van der Waals surface area contributed by atoms with Gasteiger partial charge >= 0.3 is 0 Å². The van der Waals surface area contributed by atoms with Crippen LogP contribution in [0.3, 0.4) is 0 Å². The molecule has 0 aromatic heterocycles. The molecule has 0 bridgehead atoms. The molecule has 1 aliphatic rings. The third-order valence-electron chi connectivity index (χ3n) is 4.32. The van der Waals surface area contributed by atoms with E-state index >= 15 is 0 Å². The summed E-state index contributed by atoms with van der Waals surface area (Å²) in [5.41, 5.74) is -0.389. The molecule has 1 fully saturated rings. The van der Waals surface area contributed by atoms with Crippen molar-refractivity contribution in [2.75, 3.05) is 0 Å². The van der Waals surface area contributed by atoms with Crippen LogP contribution in [0.5, 0.6) is 0 Å². The van der Waals surface area contributed by atoms with Gasteiger partial charge in [0.15, 0.2) is 0 Å². The van der Waals surface area contributed by atoms with Gasteiger partial charge in [-0.2, -0.15) is 6.42 Å². The molecule has 1 rings (SSSR count). The van der Waals surface area contributed by atoms with E-state index in [0.717, 1.165) is 19.3 Å². The van der Waals surface area contributed by atoms with Gasteiger partial charge < -0.3 is 6.42 Å². The Hall–Kier alpha value is 1.02. The molecular formula is C12H23NOY-. The van der Waals surface area contributed by atoms with Crippen LogP contribution in [-0.2, 0) is 37.9 Å². The van der Waals surface area contributed by atoms with Crippen LogP contribution in [-0.4, -0.2) is 16.1 Å². The van der Waals surface area contributed by atoms with Gasteiger partial charge in [0.05, 0.1) is 0 Å². The summed E-state index contributed by atoms with van der Waals surface area (Å²) in [7, 11) is 0. The monoisotopic (exact) mass is 286 g/mol. The smallest absolute Gasteiger partial charge is 0.0225 e.